The Morgan fingerprint density at radius 3 is 2.61 bits per heavy atom. The van der Waals surface area contributed by atoms with Gasteiger partial charge in [-0.05, 0) is 17.4 Å². The number of hydrogen-bond donors (Lipinski definition) is 0. The van der Waals surface area contributed by atoms with E-state index >= 15 is 0 Å². The van der Waals surface area contributed by atoms with E-state index in [4.69, 9.17) is 0 Å². The Hall–Kier alpha value is -1.69. The fourth-order valence-corrected chi connectivity index (χ4v) is 2.02. The number of aromatic nitrogens is 2. The van der Waals surface area contributed by atoms with E-state index in [1.165, 1.54) is 0 Å². The van der Waals surface area contributed by atoms with Crippen LogP contribution in [0.15, 0.2) is 36.5 Å². The standard InChI is InChI=1S/C12H12BrN3O2/c1-9(13)11-8-15(14-12(11)16(17)18)7-10-5-3-2-4-6-10/h2-6,8-9H,7H2,1H3. The average molecular weight is 310 g/mol. The molecule has 0 saturated heterocycles. The third kappa shape index (κ3) is 2.76. The minimum Gasteiger partial charge on any atom is -0.358 e. The highest BCUT2D eigenvalue weighted by Crippen LogP contribution is 2.29. The Balaban J connectivity index is 2.30. The van der Waals surface area contributed by atoms with Gasteiger partial charge in [0.05, 0.1) is 23.4 Å². The number of benzene rings is 1. The third-order valence-electron chi connectivity index (χ3n) is 2.56. The third-order valence-corrected chi connectivity index (χ3v) is 3.05. The fraction of sp³-hybridized carbons (Fsp3) is 0.250. The van der Waals surface area contributed by atoms with E-state index in [2.05, 4.69) is 21.0 Å². The second-order valence-electron chi connectivity index (χ2n) is 3.96. The maximum atomic E-state index is 10.9. The van der Waals surface area contributed by atoms with Crippen molar-refractivity contribution < 1.29 is 4.92 Å². The Morgan fingerprint density at radius 2 is 2.11 bits per heavy atom. The number of nitro groups is 1. The van der Waals surface area contributed by atoms with Crippen LogP contribution in [0.2, 0.25) is 0 Å². The Labute approximate surface area is 113 Å². The minimum atomic E-state index is -0.450. The highest BCUT2D eigenvalue weighted by atomic mass is 79.9. The van der Waals surface area contributed by atoms with E-state index in [0.29, 0.717) is 12.1 Å². The summed E-state index contributed by atoms with van der Waals surface area (Å²) in [6.45, 7) is 2.37. The first-order valence-corrected chi connectivity index (χ1v) is 6.39. The number of halogens is 1. The highest BCUT2D eigenvalue weighted by molar-refractivity contribution is 9.09. The lowest BCUT2D eigenvalue weighted by molar-refractivity contribution is -0.390. The van der Waals surface area contributed by atoms with E-state index in [1.807, 2.05) is 37.3 Å². The van der Waals surface area contributed by atoms with Gasteiger partial charge in [-0.25, -0.2) is 0 Å². The van der Waals surface area contributed by atoms with E-state index in [1.54, 1.807) is 10.9 Å². The van der Waals surface area contributed by atoms with E-state index in [9.17, 15) is 10.1 Å². The summed E-state index contributed by atoms with van der Waals surface area (Å²) in [5.74, 6) is -0.0877. The summed E-state index contributed by atoms with van der Waals surface area (Å²) in [6, 6.07) is 9.72. The van der Waals surface area contributed by atoms with Crippen molar-refractivity contribution >= 4 is 21.7 Å². The van der Waals surface area contributed by atoms with Crippen LogP contribution in [0, 0.1) is 10.1 Å². The van der Waals surface area contributed by atoms with Crippen LogP contribution in [-0.4, -0.2) is 14.7 Å². The fourth-order valence-electron chi connectivity index (χ4n) is 1.70. The molecule has 1 aromatic carbocycles. The quantitative estimate of drug-likeness (QED) is 0.494. The first-order valence-electron chi connectivity index (χ1n) is 5.47. The van der Waals surface area contributed by atoms with Crippen LogP contribution in [0.1, 0.15) is 22.9 Å². The molecule has 5 nitrogen and oxygen atoms in total. The van der Waals surface area contributed by atoms with Crippen LogP contribution in [0.3, 0.4) is 0 Å². The monoisotopic (exact) mass is 309 g/mol. The predicted molar refractivity (Wildman–Crippen MR) is 71.8 cm³/mol. The number of rotatable bonds is 4. The van der Waals surface area contributed by atoms with Gasteiger partial charge in [0.15, 0.2) is 0 Å². The summed E-state index contributed by atoms with van der Waals surface area (Å²) in [5, 5.41) is 14.9. The highest BCUT2D eigenvalue weighted by Gasteiger charge is 2.23. The van der Waals surface area contributed by atoms with Crippen LogP contribution in [0.4, 0.5) is 5.82 Å². The second-order valence-corrected chi connectivity index (χ2v) is 5.34. The zero-order valence-electron chi connectivity index (χ0n) is 9.78. The average Bonchev–Trinajstić information content (AvgIpc) is 2.74. The van der Waals surface area contributed by atoms with Crippen LogP contribution < -0.4 is 0 Å². The molecule has 0 fully saturated rings. The predicted octanol–water partition coefficient (Wildman–Crippen LogP) is 3.30. The summed E-state index contributed by atoms with van der Waals surface area (Å²) in [5.41, 5.74) is 1.65. The van der Waals surface area contributed by atoms with Gasteiger partial charge in [-0.15, -0.1) is 0 Å². The van der Waals surface area contributed by atoms with E-state index in [-0.39, 0.29) is 10.6 Å². The largest absolute Gasteiger partial charge is 0.394 e. The first kappa shape index (κ1) is 12.8. The lowest BCUT2D eigenvalue weighted by atomic mass is 10.2. The molecule has 0 bridgehead atoms. The molecule has 1 unspecified atom stereocenters. The molecule has 0 aliphatic rings. The summed E-state index contributed by atoms with van der Waals surface area (Å²) >= 11 is 3.34. The molecule has 1 aromatic heterocycles. The van der Waals surface area contributed by atoms with Crippen molar-refractivity contribution in [3.05, 3.63) is 57.8 Å². The van der Waals surface area contributed by atoms with Gasteiger partial charge in [-0.1, -0.05) is 46.3 Å². The molecule has 0 aliphatic heterocycles. The molecule has 0 saturated carbocycles. The second kappa shape index (κ2) is 5.30. The van der Waals surface area contributed by atoms with Crippen LogP contribution in [0.5, 0.6) is 0 Å². The molecule has 0 amide bonds. The summed E-state index contributed by atoms with van der Waals surface area (Å²) in [4.78, 5) is 10.4. The van der Waals surface area contributed by atoms with Gasteiger partial charge >= 0.3 is 5.82 Å². The lowest BCUT2D eigenvalue weighted by Gasteiger charge is -1.97. The molecular weight excluding hydrogens is 298 g/mol. The molecule has 0 N–H and O–H groups in total. The van der Waals surface area contributed by atoms with Gasteiger partial charge in [0.1, 0.15) is 0 Å². The summed E-state index contributed by atoms with van der Waals surface area (Å²) in [6.07, 6.45) is 1.71. The molecule has 2 rings (SSSR count). The Bertz CT molecular complexity index is 552. The molecule has 0 radical (unpaired) electrons. The maximum Gasteiger partial charge on any atom is 0.394 e. The minimum absolute atomic E-state index is 0.0877. The first-order chi connectivity index (χ1) is 8.58. The van der Waals surface area contributed by atoms with Gasteiger partial charge in [0.25, 0.3) is 0 Å². The zero-order chi connectivity index (χ0) is 13.1. The van der Waals surface area contributed by atoms with Crippen molar-refractivity contribution in [1.29, 1.82) is 0 Å². The summed E-state index contributed by atoms with van der Waals surface area (Å²) < 4.78 is 1.60. The lowest BCUT2D eigenvalue weighted by Crippen LogP contribution is -2.00. The van der Waals surface area contributed by atoms with Gasteiger partial charge in [0, 0.05) is 4.83 Å². The van der Waals surface area contributed by atoms with Crippen LogP contribution in [0.25, 0.3) is 0 Å². The Kier molecular flexibility index (Phi) is 3.76. The topological polar surface area (TPSA) is 61.0 Å². The molecular formula is C12H12BrN3O2. The maximum absolute atomic E-state index is 10.9. The molecule has 1 heterocycles. The molecule has 6 heteroatoms. The van der Waals surface area contributed by atoms with Gasteiger partial charge in [-0.3, -0.25) is 0 Å². The van der Waals surface area contributed by atoms with Gasteiger partial charge in [0.2, 0.25) is 0 Å². The number of nitrogens with zero attached hydrogens (tertiary/aromatic N) is 3. The molecule has 0 aliphatic carbocycles. The van der Waals surface area contributed by atoms with E-state index in [0.717, 1.165) is 5.56 Å². The molecule has 18 heavy (non-hydrogen) atoms. The van der Waals surface area contributed by atoms with Crippen molar-refractivity contribution in [2.24, 2.45) is 0 Å². The normalized spacial score (nSPS) is 12.3. The number of alkyl halides is 1. The van der Waals surface area contributed by atoms with Gasteiger partial charge < -0.3 is 10.1 Å². The van der Waals surface area contributed by atoms with Crippen molar-refractivity contribution in [2.75, 3.05) is 0 Å². The van der Waals surface area contributed by atoms with Crippen molar-refractivity contribution in [2.45, 2.75) is 18.3 Å². The van der Waals surface area contributed by atoms with Crippen molar-refractivity contribution in [3.63, 3.8) is 0 Å². The molecule has 0 spiro atoms. The Morgan fingerprint density at radius 1 is 1.44 bits per heavy atom. The molecule has 1 atom stereocenters. The SMILES string of the molecule is CC(Br)c1cn(Cc2ccccc2)nc1[N+](=O)[O-]. The zero-order valence-corrected chi connectivity index (χ0v) is 11.4. The van der Waals surface area contributed by atoms with E-state index < -0.39 is 4.92 Å². The molecule has 94 valence electrons. The summed E-state index contributed by atoms with van der Waals surface area (Å²) in [7, 11) is 0. The molecule has 2 aromatic rings. The number of hydrogen-bond acceptors (Lipinski definition) is 3. The van der Waals surface area contributed by atoms with Gasteiger partial charge in [-0.2, -0.15) is 4.68 Å². The van der Waals surface area contributed by atoms with Crippen LogP contribution in [-0.2, 0) is 6.54 Å². The smallest absolute Gasteiger partial charge is 0.358 e. The van der Waals surface area contributed by atoms with Crippen molar-refractivity contribution in [3.8, 4) is 0 Å². The van der Waals surface area contributed by atoms with Crippen LogP contribution >= 0.6 is 15.9 Å². The van der Waals surface area contributed by atoms with Crippen molar-refractivity contribution in [1.82, 2.24) is 9.78 Å².